The molecule has 0 bridgehead atoms. The molecule has 0 saturated heterocycles. The molecule has 1 aliphatic rings. The molecule has 32 heavy (non-hydrogen) atoms. The normalized spacial score (nSPS) is 13.0. The van der Waals surface area contributed by atoms with Crippen molar-refractivity contribution in [1.82, 2.24) is 0 Å². The Morgan fingerprint density at radius 1 is 0.969 bits per heavy atom. The van der Waals surface area contributed by atoms with Crippen LogP contribution in [-0.4, -0.2) is 22.4 Å². The molecule has 0 unspecified atom stereocenters. The molecular weight excluding hydrogens is 428 g/mol. The Morgan fingerprint density at radius 2 is 1.66 bits per heavy atom. The summed E-state index contributed by atoms with van der Waals surface area (Å²) in [7, 11) is 0. The number of rotatable bonds is 4. The molecular formula is C25H21F2N3OS. The number of aliphatic imine (C=N–C) groups is 2. The molecule has 0 fully saturated rings. The maximum Gasteiger partial charge on any atom is 0.234 e. The lowest BCUT2D eigenvalue weighted by atomic mass is 10.1. The number of hydrogen-bond donors (Lipinski definition) is 1. The standard InChI is InChI=1S/C25H21F2N3OS/c1-15-10-22-23(11-16(15)2)30-25(13-21(28-22)17-6-4-3-5-7-17)32-14-24(31)29-20-9-8-18(26)12-19(20)27/h3-12H,13-14H2,1-2H3,(H,29,31). The highest BCUT2D eigenvalue weighted by Gasteiger charge is 2.18. The quantitative estimate of drug-likeness (QED) is 0.494. The first kappa shape index (κ1) is 21.9. The zero-order valence-corrected chi connectivity index (χ0v) is 18.5. The molecule has 1 N–H and O–H groups in total. The summed E-state index contributed by atoms with van der Waals surface area (Å²) in [6.45, 7) is 4.06. The first-order chi connectivity index (χ1) is 15.4. The van der Waals surface area contributed by atoms with E-state index in [0.717, 1.165) is 51.0 Å². The molecule has 4 nitrogen and oxygen atoms in total. The lowest BCUT2D eigenvalue weighted by Gasteiger charge is -2.09. The minimum Gasteiger partial charge on any atom is -0.323 e. The van der Waals surface area contributed by atoms with Gasteiger partial charge in [0.05, 0.1) is 33.6 Å². The van der Waals surface area contributed by atoms with Crippen molar-refractivity contribution >= 4 is 45.5 Å². The fraction of sp³-hybridized carbons (Fsp3) is 0.160. The number of nitrogens with one attached hydrogen (secondary N) is 1. The molecule has 3 aromatic rings. The highest BCUT2D eigenvalue weighted by atomic mass is 32.2. The number of hydrogen-bond acceptors (Lipinski definition) is 4. The van der Waals surface area contributed by atoms with Crippen LogP contribution in [0.25, 0.3) is 0 Å². The molecule has 7 heteroatoms. The average molecular weight is 450 g/mol. The summed E-state index contributed by atoms with van der Waals surface area (Å²) >= 11 is 1.28. The summed E-state index contributed by atoms with van der Waals surface area (Å²) in [6, 6.07) is 16.9. The number of thioether (sulfide) groups is 1. The van der Waals surface area contributed by atoms with E-state index in [-0.39, 0.29) is 11.4 Å². The van der Waals surface area contributed by atoms with Crippen molar-refractivity contribution in [2.24, 2.45) is 9.98 Å². The van der Waals surface area contributed by atoms with E-state index in [0.29, 0.717) is 6.42 Å². The zero-order chi connectivity index (χ0) is 22.7. The number of halogens is 2. The van der Waals surface area contributed by atoms with Gasteiger partial charge in [0.1, 0.15) is 11.6 Å². The van der Waals surface area contributed by atoms with Gasteiger partial charge in [-0.3, -0.25) is 9.79 Å². The predicted molar refractivity (Wildman–Crippen MR) is 128 cm³/mol. The molecule has 1 heterocycles. The van der Waals surface area contributed by atoms with Gasteiger partial charge in [0.2, 0.25) is 5.91 Å². The van der Waals surface area contributed by atoms with Gasteiger partial charge in [-0.1, -0.05) is 30.3 Å². The lowest BCUT2D eigenvalue weighted by molar-refractivity contribution is -0.113. The third-order valence-corrected chi connectivity index (χ3v) is 6.07. The van der Waals surface area contributed by atoms with Crippen LogP contribution in [0.3, 0.4) is 0 Å². The van der Waals surface area contributed by atoms with Crippen molar-refractivity contribution in [3.8, 4) is 0 Å². The minimum atomic E-state index is -0.812. The molecule has 0 aliphatic carbocycles. The van der Waals surface area contributed by atoms with Gasteiger partial charge in [0, 0.05) is 12.5 Å². The van der Waals surface area contributed by atoms with Crippen LogP contribution >= 0.6 is 11.8 Å². The molecule has 0 aromatic heterocycles. The van der Waals surface area contributed by atoms with Gasteiger partial charge >= 0.3 is 0 Å². The van der Waals surface area contributed by atoms with Crippen LogP contribution in [0.5, 0.6) is 0 Å². The molecule has 1 aliphatic heterocycles. The van der Waals surface area contributed by atoms with Gasteiger partial charge in [-0.15, -0.1) is 11.8 Å². The molecule has 0 saturated carbocycles. The molecule has 0 atom stereocenters. The lowest BCUT2D eigenvalue weighted by Crippen LogP contribution is -2.17. The van der Waals surface area contributed by atoms with Gasteiger partial charge in [-0.25, -0.2) is 13.8 Å². The Morgan fingerprint density at radius 3 is 2.34 bits per heavy atom. The maximum atomic E-state index is 13.8. The van der Waals surface area contributed by atoms with Crippen molar-refractivity contribution < 1.29 is 13.6 Å². The third kappa shape index (κ3) is 5.11. The Labute approximate surface area is 189 Å². The van der Waals surface area contributed by atoms with Gasteiger partial charge in [-0.05, 0) is 54.8 Å². The summed E-state index contributed by atoms with van der Waals surface area (Å²) in [5.41, 5.74) is 5.59. The highest BCUT2D eigenvalue weighted by molar-refractivity contribution is 8.14. The van der Waals surface area contributed by atoms with Crippen LogP contribution in [0.2, 0.25) is 0 Å². The molecule has 0 spiro atoms. The summed E-state index contributed by atoms with van der Waals surface area (Å²) in [4.78, 5) is 22.1. The zero-order valence-electron chi connectivity index (χ0n) is 17.7. The SMILES string of the molecule is Cc1cc2c(cc1C)N=C(c1ccccc1)CC(SCC(=O)Nc1ccc(F)cc1F)=N2. The second kappa shape index (κ2) is 9.44. The number of aryl methyl sites for hydroxylation is 2. The van der Waals surface area contributed by atoms with Gasteiger partial charge in [-0.2, -0.15) is 0 Å². The van der Waals surface area contributed by atoms with E-state index >= 15 is 0 Å². The van der Waals surface area contributed by atoms with E-state index < -0.39 is 17.5 Å². The summed E-state index contributed by atoms with van der Waals surface area (Å²) < 4.78 is 26.9. The number of nitrogens with zero attached hydrogens (tertiary/aromatic N) is 2. The number of carbonyl (C=O) groups is 1. The molecule has 162 valence electrons. The number of anilines is 1. The van der Waals surface area contributed by atoms with Crippen molar-refractivity contribution in [1.29, 1.82) is 0 Å². The molecule has 1 amide bonds. The number of benzene rings is 3. The molecule has 3 aromatic carbocycles. The smallest absolute Gasteiger partial charge is 0.234 e. The van der Waals surface area contributed by atoms with Crippen LogP contribution in [0.4, 0.5) is 25.8 Å². The largest absolute Gasteiger partial charge is 0.323 e. The Balaban J connectivity index is 1.57. The second-order valence-corrected chi connectivity index (χ2v) is 8.54. The Kier molecular flexibility index (Phi) is 6.46. The Bertz CT molecular complexity index is 1240. The number of fused-ring (bicyclic) bond motifs is 1. The maximum absolute atomic E-state index is 13.8. The summed E-state index contributed by atoms with van der Waals surface area (Å²) in [5, 5.41) is 3.22. The Hall–Kier alpha value is -3.32. The third-order valence-electron chi connectivity index (χ3n) is 5.09. The van der Waals surface area contributed by atoms with Gasteiger partial charge in [0.25, 0.3) is 0 Å². The summed E-state index contributed by atoms with van der Waals surface area (Å²) in [5.74, 6) is -1.86. The van der Waals surface area contributed by atoms with Crippen molar-refractivity contribution in [3.63, 3.8) is 0 Å². The van der Waals surface area contributed by atoms with E-state index in [2.05, 4.69) is 5.32 Å². The van der Waals surface area contributed by atoms with Crippen LogP contribution in [0, 0.1) is 25.5 Å². The first-order valence-electron chi connectivity index (χ1n) is 10.1. The molecule has 4 rings (SSSR count). The van der Waals surface area contributed by atoms with Crippen LogP contribution in [-0.2, 0) is 4.79 Å². The highest BCUT2D eigenvalue weighted by Crippen LogP contribution is 2.36. The van der Waals surface area contributed by atoms with Crippen LogP contribution < -0.4 is 5.32 Å². The van der Waals surface area contributed by atoms with E-state index in [1.54, 1.807) is 0 Å². The van der Waals surface area contributed by atoms with E-state index in [9.17, 15) is 13.6 Å². The first-order valence-corrected chi connectivity index (χ1v) is 11.1. The van der Waals surface area contributed by atoms with E-state index in [1.807, 2.05) is 56.3 Å². The van der Waals surface area contributed by atoms with Gasteiger partial charge in [0.15, 0.2) is 0 Å². The topological polar surface area (TPSA) is 53.8 Å². The minimum absolute atomic E-state index is 0.0396. The van der Waals surface area contributed by atoms with Crippen LogP contribution in [0.15, 0.2) is 70.6 Å². The fourth-order valence-corrected chi connectivity index (χ4v) is 4.04. The monoisotopic (exact) mass is 449 g/mol. The van der Waals surface area contributed by atoms with Crippen molar-refractivity contribution in [2.45, 2.75) is 20.3 Å². The average Bonchev–Trinajstić information content (AvgIpc) is 2.94. The molecule has 0 radical (unpaired) electrons. The predicted octanol–water partition coefficient (Wildman–Crippen LogP) is 6.51. The van der Waals surface area contributed by atoms with E-state index in [4.69, 9.17) is 9.98 Å². The number of carbonyl (C=O) groups excluding carboxylic acids is 1. The van der Waals surface area contributed by atoms with Crippen LogP contribution in [0.1, 0.15) is 23.1 Å². The van der Waals surface area contributed by atoms with Crippen molar-refractivity contribution in [3.05, 3.63) is 89.0 Å². The summed E-state index contributed by atoms with van der Waals surface area (Å²) in [6.07, 6.45) is 0.472. The van der Waals surface area contributed by atoms with E-state index in [1.165, 1.54) is 17.8 Å². The van der Waals surface area contributed by atoms with Crippen molar-refractivity contribution in [2.75, 3.05) is 11.1 Å². The van der Waals surface area contributed by atoms with Gasteiger partial charge < -0.3 is 5.32 Å². The number of amides is 1. The fourth-order valence-electron chi connectivity index (χ4n) is 3.27. The second-order valence-electron chi connectivity index (χ2n) is 7.49.